The van der Waals surface area contributed by atoms with E-state index in [-0.39, 0.29) is 5.91 Å². The van der Waals surface area contributed by atoms with Gasteiger partial charge in [0, 0.05) is 12.1 Å². The summed E-state index contributed by atoms with van der Waals surface area (Å²) in [5.41, 5.74) is 2.30. The Labute approximate surface area is 173 Å². The van der Waals surface area contributed by atoms with Gasteiger partial charge in [0.25, 0.3) is 5.91 Å². The van der Waals surface area contributed by atoms with Crippen molar-refractivity contribution in [2.24, 2.45) is 0 Å². The fourth-order valence-corrected chi connectivity index (χ4v) is 4.10. The van der Waals surface area contributed by atoms with E-state index in [9.17, 15) is 4.79 Å². The van der Waals surface area contributed by atoms with Crippen LogP contribution in [0.2, 0.25) is 0 Å². The zero-order valence-corrected chi connectivity index (χ0v) is 17.1. The fraction of sp³-hybridized carbons (Fsp3) is 0.190. The highest BCUT2D eigenvalue weighted by Gasteiger charge is 2.30. The van der Waals surface area contributed by atoms with E-state index < -0.39 is 0 Å². The highest BCUT2D eigenvalue weighted by atomic mass is 32.2. The second kappa shape index (κ2) is 8.91. The largest absolute Gasteiger partial charge is 0.496 e. The van der Waals surface area contributed by atoms with E-state index in [1.807, 2.05) is 31.2 Å². The van der Waals surface area contributed by atoms with Crippen LogP contribution in [0, 0.1) is 11.3 Å². The third-order valence-corrected chi connectivity index (χ3v) is 5.55. The van der Waals surface area contributed by atoms with E-state index in [1.165, 1.54) is 11.8 Å². The Bertz CT molecular complexity index is 978. The van der Waals surface area contributed by atoms with Crippen LogP contribution in [-0.2, 0) is 11.4 Å². The van der Waals surface area contributed by atoms with Gasteiger partial charge in [-0.3, -0.25) is 9.69 Å². The standard InChI is InChI=1S/C21H18N2O3S2/c1-3-23-20(24)19(28-21(23)27)11-15-6-9-18(25-2)16(10-15)13-26-17-7-4-14(12-22)5-8-17/h4-11H,3,13H2,1-2H3/b19-11-. The van der Waals surface area contributed by atoms with Gasteiger partial charge in [-0.05, 0) is 55.0 Å². The summed E-state index contributed by atoms with van der Waals surface area (Å²) in [7, 11) is 1.60. The molecule has 142 valence electrons. The van der Waals surface area contributed by atoms with Gasteiger partial charge in [-0.2, -0.15) is 5.26 Å². The smallest absolute Gasteiger partial charge is 0.266 e. The Hall–Kier alpha value is -2.82. The SMILES string of the molecule is CCN1C(=O)/C(=C/c2ccc(OC)c(COc3ccc(C#N)cc3)c2)SC1=S. The number of hydrogen-bond donors (Lipinski definition) is 0. The predicted octanol–water partition coefficient (Wildman–Crippen LogP) is 4.37. The Morgan fingerprint density at radius 3 is 2.61 bits per heavy atom. The molecular formula is C21H18N2O3S2. The highest BCUT2D eigenvalue weighted by Crippen LogP contribution is 2.33. The summed E-state index contributed by atoms with van der Waals surface area (Å²) in [6, 6.07) is 14.7. The van der Waals surface area contributed by atoms with Crippen LogP contribution >= 0.6 is 24.0 Å². The van der Waals surface area contributed by atoms with Crippen molar-refractivity contribution in [2.75, 3.05) is 13.7 Å². The summed E-state index contributed by atoms with van der Waals surface area (Å²) >= 11 is 6.57. The lowest BCUT2D eigenvalue weighted by Gasteiger charge is -2.12. The molecule has 2 aromatic rings. The first-order valence-electron chi connectivity index (χ1n) is 8.61. The van der Waals surface area contributed by atoms with Crippen molar-refractivity contribution in [2.45, 2.75) is 13.5 Å². The van der Waals surface area contributed by atoms with Gasteiger partial charge in [-0.15, -0.1) is 0 Å². The molecule has 0 saturated carbocycles. The first kappa shape index (κ1) is 19.9. The van der Waals surface area contributed by atoms with Crippen LogP contribution in [-0.4, -0.2) is 28.8 Å². The van der Waals surface area contributed by atoms with Gasteiger partial charge in [0.2, 0.25) is 0 Å². The number of hydrogen-bond acceptors (Lipinski definition) is 6. The normalized spacial score (nSPS) is 15.0. The zero-order chi connectivity index (χ0) is 20.1. The Morgan fingerprint density at radius 2 is 2.00 bits per heavy atom. The molecule has 0 N–H and O–H groups in total. The number of thioether (sulfide) groups is 1. The van der Waals surface area contributed by atoms with E-state index in [0.29, 0.717) is 39.4 Å². The summed E-state index contributed by atoms with van der Waals surface area (Å²) in [5.74, 6) is 1.30. The average Bonchev–Trinajstić information content (AvgIpc) is 2.99. The molecule has 1 aliphatic heterocycles. The van der Waals surface area contributed by atoms with E-state index >= 15 is 0 Å². The second-order valence-corrected chi connectivity index (χ2v) is 7.60. The summed E-state index contributed by atoms with van der Waals surface area (Å²) in [6.45, 7) is 2.76. The summed E-state index contributed by atoms with van der Waals surface area (Å²) < 4.78 is 11.8. The monoisotopic (exact) mass is 410 g/mol. The van der Waals surface area contributed by atoms with Gasteiger partial charge in [-0.25, -0.2) is 0 Å². The lowest BCUT2D eigenvalue weighted by Crippen LogP contribution is -2.27. The molecule has 1 amide bonds. The van der Waals surface area contributed by atoms with Crippen molar-refractivity contribution in [3.05, 3.63) is 64.1 Å². The third-order valence-electron chi connectivity index (χ3n) is 4.17. The first-order chi connectivity index (χ1) is 13.5. The molecule has 3 rings (SSSR count). The molecule has 0 spiro atoms. The number of rotatable bonds is 6. The molecule has 0 aromatic heterocycles. The van der Waals surface area contributed by atoms with Crippen LogP contribution in [0.4, 0.5) is 0 Å². The molecule has 7 heteroatoms. The lowest BCUT2D eigenvalue weighted by molar-refractivity contribution is -0.121. The number of thiocarbonyl (C=S) groups is 1. The van der Waals surface area contributed by atoms with Crippen molar-refractivity contribution in [3.8, 4) is 17.6 Å². The number of carbonyl (C=O) groups excluding carboxylic acids is 1. The van der Waals surface area contributed by atoms with E-state index in [2.05, 4.69) is 6.07 Å². The molecule has 1 aliphatic rings. The number of nitriles is 1. The van der Waals surface area contributed by atoms with Gasteiger partial charge in [0.15, 0.2) is 0 Å². The molecule has 0 unspecified atom stereocenters. The molecule has 5 nitrogen and oxygen atoms in total. The van der Waals surface area contributed by atoms with Crippen LogP contribution in [0.25, 0.3) is 6.08 Å². The van der Waals surface area contributed by atoms with Crippen molar-refractivity contribution in [1.29, 1.82) is 5.26 Å². The van der Waals surface area contributed by atoms with Crippen molar-refractivity contribution in [3.63, 3.8) is 0 Å². The summed E-state index contributed by atoms with van der Waals surface area (Å²) in [4.78, 5) is 14.6. The molecule has 1 fully saturated rings. The number of likely N-dealkylation sites (N-methyl/N-ethyl adjacent to an activating group) is 1. The van der Waals surface area contributed by atoms with E-state index in [0.717, 1.165) is 11.1 Å². The van der Waals surface area contributed by atoms with Gasteiger partial charge in [0.05, 0.1) is 23.6 Å². The molecule has 1 saturated heterocycles. The van der Waals surface area contributed by atoms with Crippen molar-refractivity contribution < 1.29 is 14.3 Å². The third kappa shape index (κ3) is 4.35. The van der Waals surface area contributed by atoms with E-state index in [4.69, 9.17) is 27.0 Å². The molecule has 2 aromatic carbocycles. The number of nitrogens with zero attached hydrogens (tertiary/aromatic N) is 2. The van der Waals surface area contributed by atoms with Crippen LogP contribution in [0.5, 0.6) is 11.5 Å². The minimum Gasteiger partial charge on any atom is -0.496 e. The van der Waals surface area contributed by atoms with Crippen LogP contribution in [0.1, 0.15) is 23.6 Å². The Kier molecular flexibility index (Phi) is 6.34. The number of benzene rings is 2. The first-order valence-corrected chi connectivity index (χ1v) is 9.83. The van der Waals surface area contributed by atoms with Crippen molar-refractivity contribution in [1.82, 2.24) is 4.90 Å². The molecule has 0 atom stereocenters. The molecule has 0 radical (unpaired) electrons. The highest BCUT2D eigenvalue weighted by molar-refractivity contribution is 8.26. The molecule has 0 aliphatic carbocycles. The average molecular weight is 411 g/mol. The molecule has 0 bridgehead atoms. The zero-order valence-electron chi connectivity index (χ0n) is 15.5. The van der Waals surface area contributed by atoms with Gasteiger partial charge >= 0.3 is 0 Å². The maximum Gasteiger partial charge on any atom is 0.266 e. The summed E-state index contributed by atoms with van der Waals surface area (Å²) in [5, 5.41) is 8.87. The molecule has 28 heavy (non-hydrogen) atoms. The minimum absolute atomic E-state index is 0.0660. The van der Waals surface area contributed by atoms with Gasteiger partial charge in [0.1, 0.15) is 22.4 Å². The number of amides is 1. The lowest BCUT2D eigenvalue weighted by atomic mass is 10.1. The van der Waals surface area contributed by atoms with Crippen LogP contribution in [0.3, 0.4) is 0 Å². The topological polar surface area (TPSA) is 62.6 Å². The van der Waals surface area contributed by atoms with Crippen LogP contribution < -0.4 is 9.47 Å². The molecule has 1 heterocycles. The minimum atomic E-state index is -0.0660. The Morgan fingerprint density at radius 1 is 1.25 bits per heavy atom. The maximum absolute atomic E-state index is 12.4. The molecular weight excluding hydrogens is 392 g/mol. The maximum atomic E-state index is 12.4. The number of methoxy groups -OCH3 is 1. The van der Waals surface area contributed by atoms with Crippen molar-refractivity contribution >= 4 is 40.3 Å². The Balaban J connectivity index is 1.80. The summed E-state index contributed by atoms with van der Waals surface area (Å²) in [6.07, 6.45) is 1.83. The number of carbonyl (C=O) groups is 1. The predicted molar refractivity (Wildman–Crippen MR) is 114 cm³/mol. The second-order valence-electron chi connectivity index (χ2n) is 5.92. The van der Waals surface area contributed by atoms with Gasteiger partial charge in [-0.1, -0.05) is 30.0 Å². The van der Waals surface area contributed by atoms with Crippen LogP contribution in [0.15, 0.2) is 47.4 Å². The van der Waals surface area contributed by atoms with E-state index in [1.54, 1.807) is 36.3 Å². The number of ether oxygens (including phenoxy) is 2. The van der Waals surface area contributed by atoms with Gasteiger partial charge < -0.3 is 9.47 Å². The quantitative estimate of drug-likeness (QED) is 0.521. The fourth-order valence-electron chi connectivity index (χ4n) is 2.71.